The first-order valence-corrected chi connectivity index (χ1v) is 7.13. The molecule has 0 amide bonds. The lowest BCUT2D eigenvalue weighted by atomic mass is 10.1. The molecule has 23 heavy (non-hydrogen) atoms. The monoisotopic (exact) mass is 354 g/mol. The second-order valence-electron chi connectivity index (χ2n) is 5.06. The van der Waals surface area contributed by atoms with Crippen molar-refractivity contribution in [1.82, 2.24) is 4.48 Å². The predicted molar refractivity (Wildman–Crippen MR) is 73.4 cm³/mol. The number of carboxylic acids is 1. The minimum atomic E-state index is -6.09. The topological polar surface area (TPSA) is 118 Å². The number of carbonyl (C=O) groups is 1. The highest BCUT2D eigenvalue weighted by atomic mass is 32.2. The number of quaternary nitrogens is 1. The van der Waals surface area contributed by atoms with Gasteiger partial charge in [-0.1, -0.05) is 0 Å². The largest absolute Gasteiger partial charge is 0.741 e. The van der Waals surface area contributed by atoms with Gasteiger partial charge in [-0.3, -0.25) is 4.48 Å². The van der Waals surface area contributed by atoms with Crippen LogP contribution in [0.1, 0.15) is 15.9 Å². The van der Waals surface area contributed by atoms with Gasteiger partial charge in [-0.15, -0.1) is 0 Å². The van der Waals surface area contributed by atoms with Gasteiger partial charge in [0.1, 0.15) is 11.8 Å². The van der Waals surface area contributed by atoms with E-state index < -0.39 is 21.6 Å². The molecule has 7 nitrogen and oxygen atoms in total. The van der Waals surface area contributed by atoms with Crippen LogP contribution in [0.5, 0.6) is 0 Å². The van der Waals surface area contributed by atoms with Crippen LogP contribution in [-0.2, 0) is 10.1 Å². The van der Waals surface area contributed by atoms with Crippen molar-refractivity contribution in [2.24, 2.45) is 0 Å². The van der Waals surface area contributed by atoms with Gasteiger partial charge in [0.05, 0.1) is 32.3 Å². The standard InChI is InChI=1S/C11H12N2O2.CHF3O3S/c1-13(2,3)9-5-4-8(7-12)10(6-9)11(14)15;2-1(3,4)8(5,6)7/h4-6H,1-3H3;(H,5,6,7). The number of aromatic carboxylic acids is 1. The highest BCUT2D eigenvalue weighted by Gasteiger charge is 2.36. The molecule has 0 saturated heterocycles. The number of benzene rings is 1. The van der Waals surface area contributed by atoms with Gasteiger partial charge >= 0.3 is 11.5 Å². The number of carboxylic acid groups (broad SMARTS) is 1. The zero-order valence-electron chi connectivity index (χ0n) is 12.2. The smallest absolute Gasteiger partial charge is 0.485 e. The average Bonchev–Trinajstić information content (AvgIpc) is 2.35. The Hall–Kier alpha value is -2.16. The Morgan fingerprint density at radius 3 is 2.00 bits per heavy atom. The van der Waals surface area contributed by atoms with Gasteiger partial charge in [-0.05, 0) is 6.07 Å². The maximum absolute atomic E-state index is 10.9. The van der Waals surface area contributed by atoms with E-state index in [0.717, 1.165) is 5.69 Å². The van der Waals surface area contributed by atoms with Gasteiger partial charge in [0.15, 0.2) is 10.1 Å². The van der Waals surface area contributed by atoms with Crippen LogP contribution in [0.3, 0.4) is 0 Å². The summed E-state index contributed by atoms with van der Waals surface area (Å²) in [7, 11) is -0.278. The molecule has 0 atom stereocenters. The molecule has 128 valence electrons. The van der Waals surface area contributed by atoms with Gasteiger partial charge in [0, 0.05) is 12.1 Å². The van der Waals surface area contributed by atoms with E-state index in [2.05, 4.69) is 0 Å². The van der Waals surface area contributed by atoms with Crippen molar-refractivity contribution in [3.8, 4) is 6.07 Å². The van der Waals surface area contributed by atoms with Gasteiger partial charge in [-0.25, -0.2) is 13.2 Å². The second-order valence-corrected chi connectivity index (χ2v) is 6.43. The van der Waals surface area contributed by atoms with Crippen LogP contribution in [0.2, 0.25) is 0 Å². The molecule has 1 aromatic rings. The van der Waals surface area contributed by atoms with Gasteiger partial charge in [-0.2, -0.15) is 18.4 Å². The van der Waals surface area contributed by atoms with Crippen LogP contribution < -0.4 is 4.48 Å². The number of nitrogens with zero attached hydrogens (tertiary/aromatic N) is 2. The third kappa shape index (κ3) is 6.23. The average molecular weight is 354 g/mol. The van der Waals surface area contributed by atoms with E-state index in [1.165, 1.54) is 0 Å². The van der Waals surface area contributed by atoms with Crippen molar-refractivity contribution in [2.75, 3.05) is 21.1 Å². The minimum Gasteiger partial charge on any atom is -0.741 e. The van der Waals surface area contributed by atoms with E-state index in [1.807, 2.05) is 27.2 Å². The van der Waals surface area contributed by atoms with Crippen molar-refractivity contribution in [1.29, 1.82) is 5.26 Å². The Balaban J connectivity index is 0.000000515. The first-order chi connectivity index (χ1) is 10.1. The summed E-state index contributed by atoms with van der Waals surface area (Å²) in [4.78, 5) is 10.9. The molecule has 0 radical (unpaired) electrons. The van der Waals surface area contributed by atoms with Crippen molar-refractivity contribution in [2.45, 2.75) is 5.51 Å². The fraction of sp³-hybridized carbons (Fsp3) is 0.333. The first kappa shape index (κ1) is 20.8. The summed E-state index contributed by atoms with van der Waals surface area (Å²) in [5, 5.41) is 17.7. The molecule has 0 aromatic heterocycles. The number of hydrogen-bond acceptors (Lipinski definition) is 5. The molecule has 0 spiro atoms. The van der Waals surface area contributed by atoms with E-state index in [4.69, 9.17) is 23.3 Å². The quantitative estimate of drug-likeness (QED) is 0.488. The summed E-state index contributed by atoms with van der Waals surface area (Å²) in [6.07, 6.45) is 0. The highest BCUT2D eigenvalue weighted by Crippen LogP contribution is 2.21. The summed E-state index contributed by atoms with van der Waals surface area (Å²) >= 11 is 0. The molecular weight excluding hydrogens is 341 g/mol. The number of nitriles is 1. The summed E-state index contributed by atoms with van der Waals surface area (Å²) < 4.78 is 59.4. The van der Waals surface area contributed by atoms with Gasteiger partial charge in [0.2, 0.25) is 0 Å². The van der Waals surface area contributed by atoms with Crippen LogP contribution in [0.4, 0.5) is 18.9 Å². The Morgan fingerprint density at radius 1 is 1.30 bits per heavy atom. The van der Waals surface area contributed by atoms with Crippen molar-refractivity contribution < 1.29 is 36.0 Å². The maximum Gasteiger partial charge on any atom is 0.485 e. The maximum atomic E-state index is 10.9. The molecule has 0 unspecified atom stereocenters. The first-order valence-electron chi connectivity index (χ1n) is 5.73. The Bertz CT molecular complexity index is 731. The van der Waals surface area contributed by atoms with Crippen molar-refractivity contribution >= 4 is 21.8 Å². The van der Waals surface area contributed by atoms with E-state index >= 15 is 0 Å². The van der Waals surface area contributed by atoms with Crippen LogP contribution in [0.25, 0.3) is 0 Å². The fourth-order valence-corrected chi connectivity index (χ4v) is 1.22. The van der Waals surface area contributed by atoms with E-state index in [9.17, 15) is 18.0 Å². The van der Waals surface area contributed by atoms with Crippen LogP contribution in [-0.4, -0.2) is 50.7 Å². The highest BCUT2D eigenvalue weighted by molar-refractivity contribution is 7.86. The minimum absolute atomic E-state index is 0.0584. The SMILES string of the molecule is C[N+](C)(C)c1ccc(C#N)c(C(=O)O)c1.O=S(=O)([O-])C(F)(F)F. The van der Waals surface area contributed by atoms with Crippen LogP contribution >= 0.6 is 0 Å². The lowest BCUT2D eigenvalue weighted by Gasteiger charge is -2.23. The predicted octanol–water partition coefficient (Wildman–Crippen LogP) is 1.50. The van der Waals surface area contributed by atoms with Gasteiger partial charge in [0.25, 0.3) is 0 Å². The molecule has 1 aromatic carbocycles. The fourth-order valence-electron chi connectivity index (χ4n) is 1.22. The molecule has 0 heterocycles. The zero-order chi connectivity index (χ0) is 18.6. The number of rotatable bonds is 2. The summed E-state index contributed by atoms with van der Waals surface area (Å²) in [5.41, 5.74) is -4.54. The Morgan fingerprint density at radius 2 is 1.74 bits per heavy atom. The van der Waals surface area contributed by atoms with E-state index in [0.29, 0.717) is 4.48 Å². The third-order valence-electron chi connectivity index (χ3n) is 2.41. The lowest BCUT2D eigenvalue weighted by molar-refractivity contribution is -0.0517. The molecule has 0 aliphatic carbocycles. The second kappa shape index (κ2) is 6.95. The number of hydrogen-bond donors (Lipinski definition) is 1. The Labute approximate surface area is 130 Å². The summed E-state index contributed by atoms with van der Waals surface area (Å²) in [6, 6.07) is 6.72. The normalized spacial score (nSPS) is 11.9. The molecule has 1 N–H and O–H groups in total. The van der Waals surface area contributed by atoms with Crippen molar-refractivity contribution in [3.63, 3.8) is 0 Å². The van der Waals surface area contributed by atoms with Crippen molar-refractivity contribution in [3.05, 3.63) is 29.3 Å². The lowest BCUT2D eigenvalue weighted by Crippen LogP contribution is -2.34. The number of alkyl halides is 3. The van der Waals surface area contributed by atoms with E-state index in [1.54, 1.807) is 18.2 Å². The molecular formula is C12H13F3N2O5S. The van der Waals surface area contributed by atoms with Crippen LogP contribution in [0, 0.1) is 11.3 Å². The molecule has 11 heteroatoms. The molecule has 0 aliphatic heterocycles. The third-order valence-corrected chi connectivity index (χ3v) is 2.98. The molecule has 0 fully saturated rings. The van der Waals surface area contributed by atoms with Gasteiger partial charge < -0.3 is 9.66 Å². The molecule has 1 rings (SSSR count). The molecule has 0 bridgehead atoms. The molecule has 0 aliphatic rings. The Kier molecular flexibility index (Phi) is 6.29. The van der Waals surface area contributed by atoms with Crippen LogP contribution in [0.15, 0.2) is 18.2 Å². The summed E-state index contributed by atoms with van der Waals surface area (Å²) in [6.45, 7) is 0. The summed E-state index contributed by atoms with van der Waals surface area (Å²) in [5.74, 6) is -1.07. The molecule has 0 saturated carbocycles. The number of halogens is 3. The zero-order valence-corrected chi connectivity index (χ0v) is 13.1. The van der Waals surface area contributed by atoms with E-state index in [-0.39, 0.29) is 11.1 Å².